The van der Waals surface area contributed by atoms with E-state index in [4.69, 9.17) is 28.9 Å². The molecule has 10 atom stereocenters. The molecule has 0 amide bonds. The predicted molar refractivity (Wildman–Crippen MR) is 247 cm³/mol. The Kier molecular flexibility index (Phi) is 10.6. The minimum absolute atomic E-state index is 0.0377. The van der Waals surface area contributed by atoms with Gasteiger partial charge in [-0.1, -0.05) is 51.0 Å². The molecule has 2 aromatic heterocycles. The molecular formula is C54H56N4O6. The number of pyridine rings is 2. The van der Waals surface area contributed by atoms with Crippen LogP contribution in [0, 0.1) is 23.7 Å². The third-order valence-corrected chi connectivity index (χ3v) is 15.7. The van der Waals surface area contributed by atoms with Crippen molar-refractivity contribution in [3.05, 3.63) is 131 Å². The molecule has 6 fully saturated rings. The minimum Gasteiger partial charge on any atom is -0.497 e. The Bertz CT molecular complexity index is 2600. The highest BCUT2D eigenvalue weighted by Gasteiger charge is 2.47. The van der Waals surface area contributed by atoms with Crippen molar-refractivity contribution < 1.29 is 28.5 Å². The Morgan fingerprint density at radius 2 is 1.06 bits per heavy atom. The number of hydrogen-bond donors (Lipinski definition) is 0. The van der Waals surface area contributed by atoms with E-state index in [1.807, 2.05) is 85.2 Å². The molecule has 0 saturated carbocycles. The number of aromatic nitrogens is 2. The zero-order chi connectivity index (χ0) is 43.6. The van der Waals surface area contributed by atoms with Crippen molar-refractivity contribution in [2.75, 3.05) is 40.4 Å². The Balaban J connectivity index is 1.07. The molecule has 8 heterocycles. The van der Waals surface area contributed by atoms with Crippen LogP contribution < -0.4 is 18.9 Å². The monoisotopic (exact) mass is 856 g/mol. The van der Waals surface area contributed by atoms with E-state index in [-0.39, 0.29) is 34.8 Å². The third kappa shape index (κ3) is 6.83. The van der Waals surface area contributed by atoms with Crippen LogP contribution >= 0.6 is 0 Å². The Morgan fingerprint density at radius 1 is 0.609 bits per heavy atom. The fraction of sp³-hybridized carbons (Fsp3) is 0.407. The summed E-state index contributed by atoms with van der Waals surface area (Å²) < 4.78 is 26.3. The predicted octanol–water partition coefficient (Wildman–Crippen LogP) is 10.1. The second-order valence-electron chi connectivity index (χ2n) is 18.7. The van der Waals surface area contributed by atoms with E-state index in [2.05, 4.69) is 23.6 Å². The molecule has 0 N–H and O–H groups in total. The van der Waals surface area contributed by atoms with Gasteiger partial charge in [-0.05, 0) is 123 Å². The molecule has 6 saturated heterocycles. The number of rotatable bonds is 12. The molecule has 328 valence electrons. The molecule has 10 nitrogen and oxygen atoms in total. The zero-order valence-electron chi connectivity index (χ0n) is 37.2. The van der Waals surface area contributed by atoms with Crippen LogP contribution in [0.15, 0.2) is 97.3 Å². The first kappa shape index (κ1) is 40.9. The Hall–Kier alpha value is -5.84. The standard InChI is InChI=1S/C54H56N4O6/c1-5-31-29-57-23-19-33(31)25-45(57)53(39-17-21-55-43-13-11-35(61-3)27-41(39)43)63-47-15-16-48(50-49(47)51(59)37-9-7-8-10-38(37)52(50)60)64-54(46-26-34-20-24-58(46)30-32(34)6-2)40-18-22-56-44-14-12-36(62-4)28-42(40)44/h7-18,21-22,27-28,31-34,45-46,53-54H,5-6,19-20,23-26,29-30H2,1-4H3/t31-,32+,33+,34-,45-,46-,53+,54+/m1/s1. The van der Waals surface area contributed by atoms with Gasteiger partial charge in [0.25, 0.3) is 0 Å². The van der Waals surface area contributed by atoms with E-state index in [1.54, 1.807) is 26.4 Å². The summed E-state index contributed by atoms with van der Waals surface area (Å²) in [7, 11) is 3.35. The molecule has 0 spiro atoms. The first-order valence-corrected chi connectivity index (χ1v) is 23.4. The fourth-order valence-electron chi connectivity index (χ4n) is 12.3. The number of ketones is 2. The number of ether oxygens (including phenoxy) is 4. The molecular weight excluding hydrogens is 801 g/mol. The number of carbonyl (C=O) groups excluding carboxylic acids is 2. The number of methoxy groups -OCH3 is 2. The van der Waals surface area contributed by atoms with Gasteiger partial charge >= 0.3 is 0 Å². The summed E-state index contributed by atoms with van der Waals surface area (Å²) >= 11 is 0. The normalized spacial score (nSPS) is 26.6. The van der Waals surface area contributed by atoms with Gasteiger partial charge < -0.3 is 18.9 Å². The van der Waals surface area contributed by atoms with Crippen LogP contribution in [0.25, 0.3) is 21.8 Å². The molecule has 6 aromatic rings. The first-order chi connectivity index (χ1) is 31.3. The average Bonchev–Trinajstić information content (AvgIpc) is 3.36. The Morgan fingerprint density at radius 3 is 1.45 bits per heavy atom. The summed E-state index contributed by atoms with van der Waals surface area (Å²) in [6, 6.07) is 27.0. The molecule has 4 bridgehead atoms. The highest BCUT2D eigenvalue weighted by Crippen LogP contribution is 2.49. The van der Waals surface area contributed by atoms with Gasteiger partial charge in [0, 0.05) is 58.5 Å². The van der Waals surface area contributed by atoms with E-state index in [9.17, 15) is 0 Å². The molecule has 0 radical (unpaired) electrons. The van der Waals surface area contributed by atoms with Gasteiger partial charge in [0.05, 0.1) is 48.5 Å². The van der Waals surface area contributed by atoms with E-state index >= 15 is 9.59 Å². The number of benzene rings is 4. The Labute approximate surface area is 374 Å². The largest absolute Gasteiger partial charge is 0.497 e. The summed E-state index contributed by atoms with van der Waals surface area (Å²) in [6.45, 7) is 8.58. The van der Waals surface area contributed by atoms with Crippen molar-refractivity contribution in [2.24, 2.45) is 23.7 Å². The van der Waals surface area contributed by atoms with Crippen LogP contribution in [-0.4, -0.2) is 83.8 Å². The summed E-state index contributed by atoms with van der Waals surface area (Å²) in [4.78, 5) is 45.0. The van der Waals surface area contributed by atoms with Crippen LogP contribution in [0.1, 0.15) is 108 Å². The second kappa shape index (κ2) is 16.6. The summed E-state index contributed by atoms with van der Waals surface area (Å²) in [5.41, 5.74) is 4.87. The van der Waals surface area contributed by atoms with Crippen molar-refractivity contribution in [1.82, 2.24) is 19.8 Å². The lowest BCUT2D eigenvalue weighted by atomic mass is 9.72. The lowest BCUT2D eigenvalue weighted by molar-refractivity contribution is -0.0493. The zero-order valence-corrected chi connectivity index (χ0v) is 37.2. The van der Waals surface area contributed by atoms with E-state index < -0.39 is 12.2 Å². The van der Waals surface area contributed by atoms with Crippen molar-refractivity contribution in [3.63, 3.8) is 0 Å². The maximum absolute atomic E-state index is 15.1. The van der Waals surface area contributed by atoms with Crippen molar-refractivity contribution in [2.45, 2.75) is 76.7 Å². The number of nitrogens with zero attached hydrogens (tertiary/aromatic N) is 4. The van der Waals surface area contributed by atoms with Crippen molar-refractivity contribution in [1.29, 1.82) is 0 Å². The topological polar surface area (TPSA) is 103 Å². The van der Waals surface area contributed by atoms with Crippen LogP contribution in [-0.2, 0) is 0 Å². The van der Waals surface area contributed by atoms with Crippen LogP contribution in [0.3, 0.4) is 0 Å². The molecule has 13 rings (SSSR count). The first-order valence-electron chi connectivity index (χ1n) is 23.4. The third-order valence-electron chi connectivity index (χ3n) is 15.7. The molecule has 4 aromatic carbocycles. The molecule has 6 aliphatic heterocycles. The van der Waals surface area contributed by atoms with Gasteiger partial charge in [0.2, 0.25) is 0 Å². The van der Waals surface area contributed by atoms with Gasteiger partial charge in [0.1, 0.15) is 35.2 Å². The highest BCUT2D eigenvalue weighted by molar-refractivity contribution is 6.30. The van der Waals surface area contributed by atoms with Gasteiger partial charge in [-0.15, -0.1) is 0 Å². The highest BCUT2D eigenvalue weighted by atomic mass is 16.5. The van der Waals surface area contributed by atoms with Gasteiger partial charge in [-0.3, -0.25) is 29.4 Å². The quantitative estimate of drug-likeness (QED) is 0.118. The van der Waals surface area contributed by atoms with E-state index in [1.165, 1.54) is 0 Å². The van der Waals surface area contributed by atoms with Crippen molar-refractivity contribution in [3.8, 4) is 23.0 Å². The van der Waals surface area contributed by atoms with Gasteiger partial charge in [-0.25, -0.2) is 0 Å². The molecule has 7 aliphatic rings. The van der Waals surface area contributed by atoms with Gasteiger partial charge in [-0.2, -0.15) is 0 Å². The minimum atomic E-state index is -0.475. The fourth-order valence-corrected chi connectivity index (χ4v) is 12.3. The van der Waals surface area contributed by atoms with E-state index in [0.717, 1.165) is 109 Å². The van der Waals surface area contributed by atoms with Crippen molar-refractivity contribution >= 4 is 33.4 Å². The number of piperidine rings is 6. The summed E-state index contributed by atoms with van der Waals surface area (Å²) in [5.74, 6) is 4.15. The van der Waals surface area contributed by atoms with Crippen LogP contribution in [0.4, 0.5) is 0 Å². The van der Waals surface area contributed by atoms with Crippen LogP contribution in [0.2, 0.25) is 0 Å². The van der Waals surface area contributed by atoms with Crippen LogP contribution in [0.5, 0.6) is 23.0 Å². The molecule has 2 unspecified atom stereocenters. The number of hydrogen-bond acceptors (Lipinski definition) is 10. The summed E-state index contributed by atoms with van der Waals surface area (Å²) in [6.07, 6.45) is 9.30. The maximum atomic E-state index is 15.1. The molecule has 64 heavy (non-hydrogen) atoms. The summed E-state index contributed by atoms with van der Waals surface area (Å²) in [5, 5.41) is 1.88. The SMILES string of the molecule is CC[C@@H]1CN2CC[C@H]1C[C@@H]2[C@@H](Oc1ccc(O[C@@H](c2ccnc3ccc(OC)cc23)[C@H]2C[C@H]3CCN2C[C@@H]3CC)c2c1C(=O)c1ccccc1C2=O)c1ccnc2ccc(OC)cc12. The second-order valence-corrected chi connectivity index (χ2v) is 18.7. The van der Waals surface area contributed by atoms with Gasteiger partial charge in [0.15, 0.2) is 11.6 Å². The lowest BCUT2D eigenvalue weighted by Gasteiger charge is -2.52. The average molecular weight is 857 g/mol. The maximum Gasteiger partial charge on any atom is 0.198 e. The van der Waals surface area contributed by atoms with E-state index in [0.29, 0.717) is 46.3 Å². The lowest BCUT2D eigenvalue weighted by Crippen LogP contribution is -2.56. The molecule has 10 heteroatoms. The number of fused-ring (bicyclic) bond motifs is 10. The molecule has 1 aliphatic carbocycles. The smallest absolute Gasteiger partial charge is 0.198 e. The number of carbonyl (C=O) groups is 2.